The molecule has 3 nitrogen and oxygen atoms in total. The lowest BCUT2D eigenvalue weighted by molar-refractivity contribution is 0.318. The molecule has 0 atom stereocenters. The van der Waals surface area contributed by atoms with Crippen LogP contribution in [0.25, 0.3) is 11.0 Å². The maximum Gasteiger partial charge on any atom is 0.157 e. The molecule has 106 valence electrons. The summed E-state index contributed by atoms with van der Waals surface area (Å²) >= 11 is 10.3. The third kappa shape index (κ3) is 2.93. The van der Waals surface area contributed by atoms with Crippen LogP contribution in [0.1, 0.15) is 11.3 Å². The summed E-state index contributed by atoms with van der Waals surface area (Å²) in [6.45, 7) is 0. The third-order valence-electron chi connectivity index (χ3n) is 2.99. The van der Waals surface area contributed by atoms with Gasteiger partial charge in [0.05, 0.1) is 4.47 Å². The van der Waals surface area contributed by atoms with Crippen molar-refractivity contribution in [3.05, 3.63) is 67.2 Å². The average molecular weight is 474 g/mol. The summed E-state index contributed by atoms with van der Waals surface area (Å²) in [4.78, 5) is 0. The van der Waals surface area contributed by atoms with E-state index in [-0.39, 0.29) is 0 Å². The third-order valence-corrected chi connectivity index (χ3v) is 4.56. The van der Waals surface area contributed by atoms with Gasteiger partial charge < -0.3 is 9.62 Å². The van der Waals surface area contributed by atoms with E-state index in [1.165, 1.54) is 0 Å². The lowest BCUT2D eigenvalue weighted by atomic mass is 10.1. The molecule has 0 saturated heterocycles. The van der Waals surface area contributed by atoms with Crippen molar-refractivity contribution in [1.29, 1.82) is 0 Å². The first-order valence-electron chi connectivity index (χ1n) is 5.95. The highest BCUT2D eigenvalue weighted by molar-refractivity contribution is 9.11. The molecular weight excluding hydrogens is 466 g/mol. The number of fused-ring (bicyclic) bond motifs is 1. The van der Waals surface area contributed by atoms with Gasteiger partial charge in [-0.2, -0.15) is 0 Å². The zero-order valence-electron chi connectivity index (χ0n) is 10.5. The maximum atomic E-state index is 9.35. The van der Waals surface area contributed by atoms with E-state index in [0.29, 0.717) is 17.1 Å². The minimum atomic E-state index is 0.390. The second-order valence-corrected chi connectivity index (χ2v) is 7.06. The molecule has 2 aromatic carbocycles. The fraction of sp³-hybridized carbons (Fsp3) is 0. The van der Waals surface area contributed by atoms with Crippen molar-refractivity contribution < 1.29 is 9.62 Å². The van der Waals surface area contributed by atoms with Crippen LogP contribution >= 0.6 is 47.8 Å². The van der Waals surface area contributed by atoms with Gasteiger partial charge in [-0.25, -0.2) is 0 Å². The molecule has 0 saturated carbocycles. The summed E-state index contributed by atoms with van der Waals surface area (Å²) in [5.74, 6) is 0.508. The Labute approximate surface area is 146 Å². The zero-order chi connectivity index (χ0) is 15.0. The van der Waals surface area contributed by atoms with Crippen molar-refractivity contribution in [1.82, 2.24) is 0 Å². The SMILES string of the molecule is O/N=C(\c1ccc(Br)cc1)c1cc2cc(Br)cc(Br)c2o1. The number of oxime groups is 1. The molecule has 0 radical (unpaired) electrons. The van der Waals surface area contributed by atoms with Gasteiger partial charge in [-0.3, -0.25) is 0 Å². The minimum absolute atomic E-state index is 0.390. The van der Waals surface area contributed by atoms with Crippen LogP contribution in [0.15, 0.2) is 65.5 Å². The van der Waals surface area contributed by atoms with Gasteiger partial charge in [0.15, 0.2) is 11.5 Å². The Bertz CT molecular complexity index is 838. The number of furan rings is 1. The van der Waals surface area contributed by atoms with Crippen LogP contribution in [0.3, 0.4) is 0 Å². The summed E-state index contributed by atoms with van der Waals surface area (Å²) in [6.07, 6.45) is 0. The van der Waals surface area contributed by atoms with E-state index in [4.69, 9.17) is 4.42 Å². The Kier molecular flexibility index (Phi) is 4.19. The Morgan fingerprint density at radius 3 is 2.33 bits per heavy atom. The lowest BCUT2D eigenvalue weighted by Gasteiger charge is -2.01. The second-order valence-electron chi connectivity index (χ2n) is 4.37. The molecule has 3 rings (SSSR count). The van der Waals surface area contributed by atoms with Crippen molar-refractivity contribution >= 4 is 64.5 Å². The van der Waals surface area contributed by atoms with E-state index in [2.05, 4.69) is 52.9 Å². The number of nitrogens with zero attached hydrogens (tertiary/aromatic N) is 1. The highest BCUT2D eigenvalue weighted by Crippen LogP contribution is 2.32. The monoisotopic (exact) mass is 471 g/mol. The molecule has 1 heterocycles. The fourth-order valence-corrected chi connectivity index (χ4v) is 3.65. The van der Waals surface area contributed by atoms with E-state index in [0.717, 1.165) is 24.4 Å². The number of hydrogen-bond acceptors (Lipinski definition) is 3. The molecule has 0 aliphatic rings. The molecular formula is C15H8Br3NO2. The van der Waals surface area contributed by atoms with E-state index >= 15 is 0 Å². The molecule has 0 bridgehead atoms. The smallest absolute Gasteiger partial charge is 0.157 e. The van der Waals surface area contributed by atoms with Gasteiger partial charge in [0.2, 0.25) is 0 Å². The van der Waals surface area contributed by atoms with Crippen LogP contribution in [0.4, 0.5) is 0 Å². The Hall–Kier alpha value is -1.11. The van der Waals surface area contributed by atoms with E-state index in [1.807, 2.05) is 42.5 Å². The molecule has 0 aliphatic carbocycles. The van der Waals surface area contributed by atoms with Gasteiger partial charge in [0, 0.05) is 19.9 Å². The highest BCUT2D eigenvalue weighted by atomic mass is 79.9. The van der Waals surface area contributed by atoms with E-state index in [1.54, 1.807) is 0 Å². The van der Waals surface area contributed by atoms with Crippen molar-refractivity contribution in [2.75, 3.05) is 0 Å². The van der Waals surface area contributed by atoms with Gasteiger partial charge in [0.25, 0.3) is 0 Å². The molecule has 0 amide bonds. The quantitative estimate of drug-likeness (QED) is 0.284. The molecule has 0 unspecified atom stereocenters. The zero-order valence-corrected chi connectivity index (χ0v) is 15.2. The van der Waals surface area contributed by atoms with Gasteiger partial charge in [-0.1, -0.05) is 49.1 Å². The van der Waals surface area contributed by atoms with Gasteiger partial charge >= 0.3 is 0 Å². The number of rotatable bonds is 2. The van der Waals surface area contributed by atoms with Crippen LogP contribution in [-0.4, -0.2) is 10.9 Å². The van der Waals surface area contributed by atoms with Crippen molar-refractivity contribution in [2.45, 2.75) is 0 Å². The Morgan fingerprint density at radius 2 is 1.67 bits per heavy atom. The highest BCUT2D eigenvalue weighted by Gasteiger charge is 2.15. The largest absolute Gasteiger partial charge is 0.453 e. The van der Waals surface area contributed by atoms with Crippen molar-refractivity contribution in [3.63, 3.8) is 0 Å². The van der Waals surface area contributed by atoms with Crippen LogP contribution in [0, 0.1) is 0 Å². The normalized spacial score (nSPS) is 12.0. The summed E-state index contributed by atoms with van der Waals surface area (Å²) in [5.41, 5.74) is 1.88. The molecule has 6 heteroatoms. The number of benzene rings is 2. The summed E-state index contributed by atoms with van der Waals surface area (Å²) in [7, 11) is 0. The van der Waals surface area contributed by atoms with Gasteiger partial charge in [0.1, 0.15) is 5.58 Å². The molecule has 0 fully saturated rings. The molecule has 3 aromatic rings. The van der Waals surface area contributed by atoms with Crippen LogP contribution in [0.5, 0.6) is 0 Å². The molecule has 1 N–H and O–H groups in total. The molecule has 1 aromatic heterocycles. The van der Waals surface area contributed by atoms with Gasteiger partial charge in [-0.05, 0) is 46.3 Å². The van der Waals surface area contributed by atoms with Crippen molar-refractivity contribution in [2.24, 2.45) is 5.16 Å². The number of halogens is 3. The molecule has 0 spiro atoms. The first-order valence-corrected chi connectivity index (χ1v) is 8.33. The molecule has 21 heavy (non-hydrogen) atoms. The predicted octanol–water partition coefficient (Wildman–Crippen LogP) is 5.95. The lowest BCUT2D eigenvalue weighted by Crippen LogP contribution is -2.01. The Morgan fingerprint density at radius 1 is 0.952 bits per heavy atom. The van der Waals surface area contributed by atoms with Crippen LogP contribution in [0.2, 0.25) is 0 Å². The maximum absolute atomic E-state index is 9.35. The average Bonchev–Trinajstić information content (AvgIpc) is 2.85. The van der Waals surface area contributed by atoms with E-state index < -0.39 is 0 Å². The van der Waals surface area contributed by atoms with Crippen LogP contribution < -0.4 is 0 Å². The number of hydrogen-bond donors (Lipinski definition) is 1. The minimum Gasteiger partial charge on any atom is -0.453 e. The first kappa shape index (κ1) is 14.8. The first-order chi connectivity index (χ1) is 10.1. The van der Waals surface area contributed by atoms with Crippen LogP contribution in [-0.2, 0) is 0 Å². The topological polar surface area (TPSA) is 45.7 Å². The molecule has 0 aliphatic heterocycles. The Balaban J connectivity index is 2.14. The van der Waals surface area contributed by atoms with Gasteiger partial charge in [-0.15, -0.1) is 0 Å². The second kappa shape index (κ2) is 5.94. The van der Waals surface area contributed by atoms with E-state index in [9.17, 15) is 5.21 Å². The summed E-state index contributed by atoms with van der Waals surface area (Å²) in [6, 6.07) is 13.2. The summed E-state index contributed by atoms with van der Waals surface area (Å²) < 4.78 is 8.56. The summed E-state index contributed by atoms with van der Waals surface area (Å²) in [5, 5.41) is 13.7. The standard InChI is InChI=1S/C15H8Br3NO2/c16-10-3-1-8(2-4-10)14(19-20)13-6-9-5-11(17)7-12(18)15(9)21-13/h1-7,20H/b19-14+. The fourth-order valence-electron chi connectivity index (χ4n) is 2.05. The van der Waals surface area contributed by atoms with Crippen molar-refractivity contribution in [3.8, 4) is 0 Å². The predicted molar refractivity (Wildman–Crippen MR) is 93.2 cm³/mol.